The van der Waals surface area contributed by atoms with Gasteiger partial charge in [-0.2, -0.15) is 0 Å². The number of hydrogen-bond donors (Lipinski definition) is 1. The average molecular weight is 407 g/mol. The van der Waals surface area contributed by atoms with Crippen LogP contribution in [-0.2, 0) is 4.79 Å². The number of nitrogens with zero attached hydrogens (tertiary/aromatic N) is 2. The lowest BCUT2D eigenvalue weighted by Gasteiger charge is -2.13. The first-order valence-corrected chi connectivity index (χ1v) is 9.13. The molecule has 0 aliphatic carbocycles. The van der Waals surface area contributed by atoms with Crippen LogP contribution in [0.25, 0.3) is 16.9 Å². The molecule has 1 aromatic heterocycles. The SMILES string of the molecule is Cc1ccc(-c2cnc(SCC(N)=O)n2-c2ccc(OC(F)(F)F)cc2)cc1. The Balaban J connectivity index is 2.02. The quantitative estimate of drug-likeness (QED) is 0.618. The van der Waals surface area contributed by atoms with E-state index in [1.165, 1.54) is 24.3 Å². The normalized spacial score (nSPS) is 11.4. The van der Waals surface area contributed by atoms with Gasteiger partial charge in [0, 0.05) is 11.3 Å². The highest BCUT2D eigenvalue weighted by Gasteiger charge is 2.31. The standard InChI is InChI=1S/C19H16F3N3O2S/c1-12-2-4-13(5-3-12)16-10-24-18(28-11-17(23)26)25(16)14-6-8-15(9-7-14)27-19(20,21)22/h2-10H,11H2,1H3,(H2,23,26). The van der Waals surface area contributed by atoms with Crippen molar-refractivity contribution in [1.29, 1.82) is 0 Å². The highest BCUT2D eigenvalue weighted by Crippen LogP contribution is 2.31. The number of amides is 1. The van der Waals surface area contributed by atoms with Crippen LogP contribution in [0.15, 0.2) is 59.9 Å². The van der Waals surface area contributed by atoms with Crippen LogP contribution in [-0.4, -0.2) is 27.6 Å². The average Bonchev–Trinajstić information content (AvgIpc) is 3.04. The minimum absolute atomic E-state index is 0.0274. The molecule has 2 N–H and O–H groups in total. The highest BCUT2D eigenvalue weighted by atomic mass is 32.2. The molecule has 0 fully saturated rings. The molecule has 0 radical (unpaired) electrons. The highest BCUT2D eigenvalue weighted by molar-refractivity contribution is 7.99. The van der Waals surface area contributed by atoms with Crippen molar-refractivity contribution in [3.8, 4) is 22.7 Å². The van der Waals surface area contributed by atoms with Gasteiger partial charge in [0.15, 0.2) is 5.16 Å². The maximum absolute atomic E-state index is 12.4. The summed E-state index contributed by atoms with van der Waals surface area (Å²) in [6.45, 7) is 1.97. The Hall–Kier alpha value is -2.94. The number of hydrogen-bond acceptors (Lipinski definition) is 4. The molecule has 146 valence electrons. The minimum atomic E-state index is -4.76. The summed E-state index contributed by atoms with van der Waals surface area (Å²) < 4.78 is 42.8. The Morgan fingerprint density at radius 2 is 1.79 bits per heavy atom. The molecule has 0 unspecified atom stereocenters. The number of imidazole rings is 1. The molecule has 1 amide bonds. The summed E-state index contributed by atoms with van der Waals surface area (Å²) in [6, 6.07) is 13.2. The van der Waals surface area contributed by atoms with Crippen LogP contribution in [0.3, 0.4) is 0 Å². The monoisotopic (exact) mass is 407 g/mol. The van der Waals surface area contributed by atoms with E-state index in [0.29, 0.717) is 10.8 Å². The Labute approximate surface area is 163 Å². The van der Waals surface area contributed by atoms with Crippen molar-refractivity contribution >= 4 is 17.7 Å². The zero-order chi connectivity index (χ0) is 20.3. The number of nitrogens with two attached hydrogens (primary N) is 1. The van der Waals surface area contributed by atoms with Gasteiger partial charge in [-0.25, -0.2) is 4.98 Å². The van der Waals surface area contributed by atoms with Crippen molar-refractivity contribution < 1.29 is 22.7 Å². The van der Waals surface area contributed by atoms with E-state index in [-0.39, 0.29) is 11.5 Å². The number of aromatic nitrogens is 2. The fraction of sp³-hybridized carbons (Fsp3) is 0.158. The van der Waals surface area contributed by atoms with Crippen molar-refractivity contribution in [2.45, 2.75) is 18.4 Å². The van der Waals surface area contributed by atoms with Crippen molar-refractivity contribution in [2.75, 3.05) is 5.75 Å². The first-order chi connectivity index (χ1) is 13.2. The number of alkyl halides is 3. The molecular formula is C19H16F3N3O2S. The Morgan fingerprint density at radius 3 is 2.36 bits per heavy atom. The molecule has 2 aromatic carbocycles. The van der Waals surface area contributed by atoms with Crippen LogP contribution >= 0.6 is 11.8 Å². The number of ether oxygens (including phenoxy) is 1. The summed E-state index contributed by atoms with van der Waals surface area (Å²) in [5.41, 5.74) is 8.50. The number of carbonyl (C=O) groups is 1. The minimum Gasteiger partial charge on any atom is -0.406 e. The lowest BCUT2D eigenvalue weighted by Crippen LogP contribution is -2.17. The molecule has 0 saturated carbocycles. The van der Waals surface area contributed by atoms with Gasteiger partial charge >= 0.3 is 6.36 Å². The largest absolute Gasteiger partial charge is 0.573 e. The van der Waals surface area contributed by atoms with Gasteiger partial charge in [-0.1, -0.05) is 41.6 Å². The lowest BCUT2D eigenvalue weighted by atomic mass is 10.1. The number of primary amides is 1. The molecule has 0 atom stereocenters. The maximum atomic E-state index is 12.4. The molecule has 0 bridgehead atoms. The Morgan fingerprint density at radius 1 is 1.14 bits per heavy atom. The third kappa shape index (κ3) is 4.86. The van der Waals surface area contributed by atoms with E-state index in [0.717, 1.165) is 28.6 Å². The first kappa shape index (κ1) is 19.8. The zero-order valence-corrected chi connectivity index (χ0v) is 15.6. The van der Waals surface area contributed by atoms with Crippen LogP contribution in [0.1, 0.15) is 5.56 Å². The number of benzene rings is 2. The van der Waals surface area contributed by atoms with Crippen molar-refractivity contribution in [2.24, 2.45) is 5.73 Å². The molecule has 0 aliphatic rings. The second-order valence-electron chi connectivity index (χ2n) is 5.92. The van der Waals surface area contributed by atoms with Gasteiger partial charge in [-0.3, -0.25) is 9.36 Å². The number of aryl methyl sites for hydroxylation is 1. The predicted octanol–water partition coefficient (Wildman–Crippen LogP) is 4.32. The second kappa shape index (κ2) is 7.97. The summed E-state index contributed by atoms with van der Waals surface area (Å²) >= 11 is 1.15. The molecule has 5 nitrogen and oxygen atoms in total. The van der Waals surface area contributed by atoms with Crippen LogP contribution in [0, 0.1) is 6.92 Å². The summed E-state index contributed by atoms with van der Waals surface area (Å²) in [5.74, 6) is -0.787. The molecule has 3 aromatic rings. The van der Waals surface area contributed by atoms with E-state index >= 15 is 0 Å². The third-order valence-corrected chi connectivity index (χ3v) is 4.72. The first-order valence-electron chi connectivity index (χ1n) is 8.15. The Kier molecular flexibility index (Phi) is 5.64. The number of thioether (sulfide) groups is 1. The fourth-order valence-electron chi connectivity index (χ4n) is 2.55. The molecule has 28 heavy (non-hydrogen) atoms. The molecule has 3 rings (SSSR count). The van der Waals surface area contributed by atoms with Gasteiger partial charge in [-0.15, -0.1) is 13.2 Å². The molecule has 1 heterocycles. The topological polar surface area (TPSA) is 70.1 Å². The van der Waals surface area contributed by atoms with Gasteiger partial charge in [-0.05, 0) is 31.2 Å². The van der Waals surface area contributed by atoms with E-state index in [1.54, 1.807) is 10.8 Å². The van der Waals surface area contributed by atoms with Gasteiger partial charge in [0.1, 0.15) is 5.75 Å². The number of rotatable bonds is 6. The van der Waals surface area contributed by atoms with Crippen LogP contribution in [0.4, 0.5) is 13.2 Å². The summed E-state index contributed by atoms with van der Waals surface area (Å²) in [6.07, 6.45) is -3.11. The fourth-order valence-corrected chi connectivity index (χ4v) is 3.28. The van der Waals surface area contributed by atoms with E-state index in [1.807, 2.05) is 31.2 Å². The van der Waals surface area contributed by atoms with Crippen LogP contribution in [0.5, 0.6) is 5.75 Å². The van der Waals surface area contributed by atoms with Crippen molar-refractivity contribution in [3.05, 3.63) is 60.3 Å². The van der Waals surface area contributed by atoms with E-state index in [4.69, 9.17) is 5.73 Å². The lowest BCUT2D eigenvalue weighted by molar-refractivity contribution is -0.274. The Bertz CT molecular complexity index is 968. The van der Waals surface area contributed by atoms with Gasteiger partial charge in [0.05, 0.1) is 17.6 Å². The number of halogens is 3. The summed E-state index contributed by atoms with van der Waals surface area (Å²) in [7, 11) is 0. The second-order valence-corrected chi connectivity index (χ2v) is 6.87. The van der Waals surface area contributed by atoms with E-state index in [2.05, 4.69) is 9.72 Å². The third-order valence-electron chi connectivity index (χ3n) is 3.75. The molecule has 0 aliphatic heterocycles. The van der Waals surface area contributed by atoms with Crippen LogP contribution in [0.2, 0.25) is 0 Å². The molecular weight excluding hydrogens is 391 g/mol. The molecule has 9 heteroatoms. The predicted molar refractivity (Wildman–Crippen MR) is 100 cm³/mol. The van der Waals surface area contributed by atoms with Crippen molar-refractivity contribution in [1.82, 2.24) is 9.55 Å². The van der Waals surface area contributed by atoms with Gasteiger partial charge < -0.3 is 10.5 Å². The van der Waals surface area contributed by atoms with Gasteiger partial charge in [0.25, 0.3) is 0 Å². The van der Waals surface area contributed by atoms with E-state index in [9.17, 15) is 18.0 Å². The van der Waals surface area contributed by atoms with Crippen LogP contribution < -0.4 is 10.5 Å². The summed E-state index contributed by atoms with van der Waals surface area (Å²) in [5, 5.41) is 0.499. The van der Waals surface area contributed by atoms with Gasteiger partial charge in [0.2, 0.25) is 5.91 Å². The van der Waals surface area contributed by atoms with Crippen molar-refractivity contribution in [3.63, 3.8) is 0 Å². The zero-order valence-electron chi connectivity index (χ0n) is 14.7. The van der Waals surface area contributed by atoms with E-state index < -0.39 is 12.3 Å². The maximum Gasteiger partial charge on any atom is 0.573 e. The number of carbonyl (C=O) groups excluding carboxylic acids is 1. The smallest absolute Gasteiger partial charge is 0.406 e. The summed E-state index contributed by atoms with van der Waals surface area (Å²) in [4.78, 5) is 15.5. The molecule has 0 spiro atoms. The molecule has 0 saturated heterocycles.